The smallest absolute Gasteiger partial charge is 0.304 e. The van der Waals surface area contributed by atoms with Gasteiger partial charge in [-0.05, 0) is 6.07 Å². The van der Waals surface area contributed by atoms with E-state index in [2.05, 4.69) is 15.3 Å². The molecule has 0 unspecified atom stereocenters. The maximum Gasteiger partial charge on any atom is 0.304 e. The Kier molecular flexibility index (Phi) is 3.42. The van der Waals surface area contributed by atoms with Crippen molar-refractivity contribution in [1.82, 2.24) is 9.97 Å². The van der Waals surface area contributed by atoms with Gasteiger partial charge in [-0.3, -0.25) is 4.79 Å². The molecule has 0 aliphatic heterocycles. The first-order valence-corrected chi connectivity index (χ1v) is 5.91. The summed E-state index contributed by atoms with van der Waals surface area (Å²) in [6.07, 6.45) is 1.50. The Morgan fingerprint density at radius 1 is 1.65 bits per heavy atom. The van der Waals surface area contributed by atoms with Gasteiger partial charge in [0.15, 0.2) is 0 Å². The number of halogens is 1. The van der Waals surface area contributed by atoms with Crippen LogP contribution in [-0.4, -0.2) is 9.97 Å². The van der Waals surface area contributed by atoms with Crippen molar-refractivity contribution in [3.8, 4) is 6.07 Å². The SMILES string of the molecule is N#Cc1ccnc(NCc2csc(=O)[nH]2)c1Cl. The number of rotatable bonds is 3. The molecule has 0 spiro atoms. The first kappa shape index (κ1) is 11.6. The average Bonchev–Trinajstić information content (AvgIpc) is 2.74. The zero-order valence-electron chi connectivity index (χ0n) is 8.53. The summed E-state index contributed by atoms with van der Waals surface area (Å²) in [5.41, 5.74) is 1.11. The van der Waals surface area contributed by atoms with Crippen molar-refractivity contribution in [3.05, 3.63) is 43.6 Å². The van der Waals surface area contributed by atoms with Gasteiger partial charge >= 0.3 is 4.87 Å². The molecule has 0 saturated heterocycles. The van der Waals surface area contributed by atoms with E-state index in [0.717, 1.165) is 17.0 Å². The Bertz CT molecular complexity index is 628. The molecule has 2 N–H and O–H groups in total. The van der Waals surface area contributed by atoms with Crippen LogP contribution < -0.4 is 10.2 Å². The molecule has 86 valence electrons. The van der Waals surface area contributed by atoms with Crippen LogP contribution in [0.25, 0.3) is 0 Å². The summed E-state index contributed by atoms with van der Waals surface area (Å²) in [5.74, 6) is 0.428. The number of pyridine rings is 1. The highest BCUT2D eigenvalue weighted by molar-refractivity contribution is 7.07. The number of hydrogen-bond donors (Lipinski definition) is 2. The first-order valence-electron chi connectivity index (χ1n) is 4.66. The molecule has 2 heterocycles. The van der Waals surface area contributed by atoms with E-state index in [1.165, 1.54) is 6.20 Å². The number of hydrogen-bond acceptors (Lipinski definition) is 5. The number of thiazole rings is 1. The molecule has 17 heavy (non-hydrogen) atoms. The summed E-state index contributed by atoms with van der Waals surface area (Å²) in [6, 6.07) is 3.51. The van der Waals surface area contributed by atoms with E-state index in [9.17, 15) is 4.79 Å². The summed E-state index contributed by atoms with van der Waals surface area (Å²) in [7, 11) is 0. The highest BCUT2D eigenvalue weighted by Gasteiger charge is 2.07. The number of H-pyrrole nitrogens is 1. The summed E-state index contributed by atoms with van der Waals surface area (Å²) in [6.45, 7) is 0.403. The molecule has 7 heteroatoms. The zero-order valence-corrected chi connectivity index (χ0v) is 10.1. The fourth-order valence-electron chi connectivity index (χ4n) is 1.23. The number of nitrogens with one attached hydrogen (secondary N) is 2. The lowest BCUT2D eigenvalue weighted by molar-refractivity contribution is 1.04. The normalized spacial score (nSPS) is 9.88. The van der Waals surface area contributed by atoms with Crippen LogP contribution in [0.3, 0.4) is 0 Å². The second-order valence-electron chi connectivity index (χ2n) is 3.16. The van der Waals surface area contributed by atoms with E-state index >= 15 is 0 Å². The van der Waals surface area contributed by atoms with Crippen molar-refractivity contribution in [1.29, 1.82) is 5.26 Å². The molecular formula is C10H7ClN4OS. The third kappa shape index (κ3) is 2.64. The Hall–Kier alpha value is -1.84. The standard InChI is InChI=1S/C10H7ClN4OS/c11-8-6(3-12)1-2-13-9(8)14-4-7-5-17-10(16)15-7/h1-2,5H,4H2,(H,13,14)(H,15,16). The van der Waals surface area contributed by atoms with Crippen LogP contribution in [0.15, 0.2) is 22.4 Å². The highest BCUT2D eigenvalue weighted by Crippen LogP contribution is 2.22. The summed E-state index contributed by atoms with van der Waals surface area (Å²) in [5, 5.41) is 13.8. The quantitative estimate of drug-likeness (QED) is 0.890. The van der Waals surface area contributed by atoms with E-state index in [1.54, 1.807) is 11.4 Å². The second kappa shape index (κ2) is 4.99. The molecule has 0 radical (unpaired) electrons. The molecule has 0 atom stereocenters. The summed E-state index contributed by atoms with van der Waals surface area (Å²) in [4.78, 5) is 17.5. The number of nitrogens with zero attached hydrogens (tertiary/aromatic N) is 2. The zero-order chi connectivity index (χ0) is 12.3. The topological polar surface area (TPSA) is 81.6 Å². The molecule has 0 amide bonds. The second-order valence-corrected chi connectivity index (χ2v) is 4.38. The third-order valence-electron chi connectivity index (χ3n) is 2.03. The van der Waals surface area contributed by atoms with Crippen LogP contribution in [0.2, 0.25) is 5.02 Å². The maximum absolute atomic E-state index is 10.9. The van der Waals surface area contributed by atoms with Crippen LogP contribution in [-0.2, 0) is 6.54 Å². The van der Waals surface area contributed by atoms with E-state index in [0.29, 0.717) is 17.9 Å². The van der Waals surface area contributed by atoms with E-state index in [4.69, 9.17) is 16.9 Å². The van der Waals surface area contributed by atoms with Gasteiger partial charge in [0, 0.05) is 17.3 Å². The maximum atomic E-state index is 10.9. The molecule has 2 aromatic heterocycles. The molecule has 0 aliphatic carbocycles. The molecule has 0 fully saturated rings. The molecule has 5 nitrogen and oxygen atoms in total. The first-order chi connectivity index (χ1) is 8.20. The minimum atomic E-state index is -0.105. The molecule has 2 aromatic rings. The van der Waals surface area contributed by atoms with Gasteiger partial charge in [0.25, 0.3) is 0 Å². The minimum Gasteiger partial charge on any atom is -0.363 e. The van der Waals surface area contributed by atoms with Crippen molar-refractivity contribution >= 4 is 28.8 Å². The predicted molar refractivity (Wildman–Crippen MR) is 66.2 cm³/mol. The molecular weight excluding hydrogens is 260 g/mol. The fourth-order valence-corrected chi connectivity index (χ4v) is 2.04. The molecule has 0 bridgehead atoms. The molecule has 2 rings (SSSR count). The largest absolute Gasteiger partial charge is 0.363 e. The van der Waals surface area contributed by atoms with Gasteiger partial charge in [0.2, 0.25) is 0 Å². The van der Waals surface area contributed by atoms with Crippen molar-refractivity contribution < 1.29 is 0 Å². The number of nitriles is 1. The summed E-state index contributed by atoms with van der Waals surface area (Å²) < 4.78 is 0. The average molecular weight is 267 g/mol. The van der Waals surface area contributed by atoms with Gasteiger partial charge in [-0.2, -0.15) is 5.26 Å². The van der Waals surface area contributed by atoms with Gasteiger partial charge < -0.3 is 10.3 Å². The van der Waals surface area contributed by atoms with Crippen molar-refractivity contribution in [2.45, 2.75) is 6.54 Å². The van der Waals surface area contributed by atoms with Gasteiger partial charge in [-0.25, -0.2) is 4.98 Å². The Balaban J connectivity index is 2.15. The van der Waals surface area contributed by atoms with Crippen molar-refractivity contribution in [3.63, 3.8) is 0 Å². The van der Waals surface area contributed by atoms with Crippen LogP contribution in [0, 0.1) is 11.3 Å². The van der Waals surface area contributed by atoms with Crippen LogP contribution >= 0.6 is 22.9 Å². The third-order valence-corrected chi connectivity index (χ3v) is 3.13. The van der Waals surface area contributed by atoms with Crippen molar-refractivity contribution in [2.24, 2.45) is 0 Å². The summed E-state index contributed by atoms with van der Waals surface area (Å²) >= 11 is 7.06. The van der Waals surface area contributed by atoms with Crippen LogP contribution in [0.5, 0.6) is 0 Å². The minimum absolute atomic E-state index is 0.105. The number of aromatic nitrogens is 2. The van der Waals surface area contributed by atoms with Crippen LogP contribution in [0.4, 0.5) is 5.82 Å². The Labute approximate surface area is 106 Å². The van der Waals surface area contributed by atoms with E-state index in [-0.39, 0.29) is 9.90 Å². The van der Waals surface area contributed by atoms with Crippen LogP contribution in [0.1, 0.15) is 11.3 Å². The van der Waals surface area contributed by atoms with Gasteiger partial charge in [-0.1, -0.05) is 22.9 Å². The van der Waals surface area contributed by atoms with E-state index in [1.807, 2.05) is 6.07 Å². The van der Waals surface area contributed by atoms with Gasteiger partial charge in [0.05, 0.1) is 12.1 Å². The van der Waals surface area contributed by atoms with Gasteiger partial charge in [-0.15, -0.1) is 0 Å². The Morgan fingerprint density at radius 3 is 3.12 bits per heavy atom. The van der Waals surface area contributed by atoms with Crippen molar-refractivity contribution in [2.75, 3.05) is 5.32 Å². The highest BCUT2D eigenvalue weighted by atomic mass is 35.5. The monoisotopic (exact) mass is 266 g/mol. The van der Waals surface area contributed by atoms with Gasteiger partial charge in [0.1, 0.15) is 16.9 Å². The predicted octanol–water partition coefficient (Wildman–Crippen LogP) is 1.97. The van der Waals surface area contributed by atoms with E-state index < -0.39 is 0 Å². The molecule has 0 saturated carbocycles. The lowest BCUT2D eigenvalue weighted by Crippen LogP contribution is -2.04. The Morgan fingerprint density at radius 2 is 2.47 bits per heavy atom. The fraction of sp³-hybridized carbons (Fsp3) is 0.100. The lowest BCUT2D eigenvalue weighted by Gasteiger charge is -2.06. The number of aromatic amines is 1. The number of anilines is 1. The lowest BCUT2D eigenvalue weighted by atomic mass is 10.3. The molecule has 0 aliphatic rings. The molecule has 0 aromatic carbocycles.